The number of phenols is 1. The van der Waals surface area contributed by atoms with Crippen LogP contribution in [0.5, 0.6) is 5.75 Å². The maximum Gasteiger partial charge on any atom is 0.240 e. The van der Waals surface area contributed by atoms with Gasteiger partial charge in [0.2, 0.25) is 16.0 Å². The Morgan fingerprint density at radius 3 is 2.40 bits per heavy atom. The first-order valence-corrected chi connectivity index (χ1v) is 10.5. The van der Waals surface area contributed by atoms with Crippen LogP contribution in [-0.2, 0) is 10.0 Å². The van der Waals surface area contributed by atoms with E-state index in [9.17, 15) is 13.5 Å². The van der Waals surface area contributed by atoms with E-state index in [-0.39, 0.29) is 23.7 Å². The Labute approximate surface area is 174 Å². The number of benzene rings is 2. The molecule has 3 rings (SSSR count). The SMILES string of the molecule is Cc1cc(Nc2ccc(C#N)cc2)nc(NCCNS(=O)(=O)c2ccc(O)cc2)n1. The van der Waals surface area contributed by atoms with E-state index in [1.807, 2.05) is 6.92 Å². The number of hydrogen-bond acceptors (Lipinski definition) is 8. The van der Waals surface area contributed by atoms with E-state index < -0.39 is 10.0 Å². The van der Waals surface area contributed by atoms with E-state index in [1.165, 1.54) is 24.3 Å². The van der Waals surface area contributed by atoms with Crippen LogP contribution in [0.25, 0.3) is 0 Å². The monoisotopic (exact) mass is 424 g/mol. The molecule has 0 amide bonds. The predicted molar refractivity (Wildman–Crippen MR) is 113 cm³/mol. The fourth-order valence-corrected chi connectivity index (χ4v) is 3.59. The molecule has 0 saturated heterocycles. The molecule has 0 aliphatic carbocycles. The number of sulfonamides is 1. The van der Waals surface area contributed by atoms with Gasteiger partial charge in [-0.15, -0.1) is 0 Å². The van der Waals surface area contributed by atoms with Gasteiger partial charge in [-0.2, -0.15) is 10.2 Å². The molecule has 0 aliphatic heterocycles. The second kappa shape index (κ2) is 9.21. The minimum Gasteiger partial charge on any atom is -0.508 e. The topological polar surface area (TPSA) is 140 Å². The van der Waals surface area contributed by atoms with Crippen LogP contribution in [0.4, 0.5) is 17.5 Å². The fraction of sp³-hybridized carbons (Fsp3) is 0.150. The standard InChI is InChI=1S/C20H20N6O3S/c1-14-12-19(25-16-4-2-15(13-21)3-5-16)26-20(24-14)22-10-11-23-30(28,29)18-8-6-17(27)7-9-18/h2-9,12,23,27H,10-11H2,1H3,(H2,22,24,25,26). The minimum absolute atomic E-state index is 0.00219. The zero-order valence-corrected chi connectivity index (χ0v) is 16.9. The quantitative estimate of drug-likeness (QED) is 0.404. The largest absolute Gasteiger partial charge is 0.508 e. The molecular weight excluding hydrogens is 404 g/mol. The lowest BCUT2D eigenvalue weighted by Crippen LogP contribution is -2.29. The van der Waals surface area contributed by atoms with Crippen LogP contribution in [0.15, 0.2) is 59.5 Å². The van der Waals surface area contributed by atoms with Gasteiger partial charge in [0.15, 0.2) is 0 Å². The van der Waals surface area contributed by atoms with E-state index in [0.717, 1.165) is 11.4 Å². The van der Waals surface area contributed by atoms with Gasteiger partial charge in [0, 0.05) is 30.5 Å². The zero-order valence-electron chi connectivity index (χ0n) is 16.1. The Morgan fingerprint density at radius 2 is 1.73 bits per heavy atom. The normalized spacial score (nSPS) is 10.9. The number of aromatic nitrogens is 2. The first kappa shape index (κ1) is 21.0. The van der Waals surface area contributed by atoms with Gasteiger partial charge in [-0.25, -0.2) is 18.1 Å². The second-order valence-electron chi connectivity index (χ2n) is 6.35. The van der Waals surface area contributed by atoms with Crippen LogP contribution in [-0.4, -0.2) is 36.6 Å². The molecule has 2 aromatic carbocycles. The van der Waals surface area contributed by atoms with Gasteiger partial charge in [-0.1, -0.05) is 0 Å². The molecule has 1 heterocycles. The van der Waals surface area contributed by atoms with E-state index >= 15 is 0 Å². The van der Waals surface area contributed by atoms with Crippen molar-refractivity contribution < 1.29 is 13.5 Å². The van der Waals surface area contributed by atoms with E-state index in [2.05, 4.69) is 31.4 Å². The Kier molecular flexibility index (Phi) is 6.46. The van der Waals surface area contributed by atoms with E-state index in [1.54, 1.807) is 30.3 Å². The highest BCUT2D eigenvalue weighted by Gasteiger charge is 2.13. The highest BCUT2D eigenvalue weighted by Crippen LogP contribution is 2.17. The summed E-state index contributed by atoms with van der Waals surface area (Å²) in [6, 6.07) is 16.1. The lowest BCUT2D eigenvalue weighted by molar-refractivity contribution is 0.474. The summed E-state index contributed by atoms with van der Waals surface area (Å²) in [4.78, 5) is 8.73. The first-order valence-electron chi connectivity index (χ1n) is 9.01. The third-order valence-corrected chi connectivity index (χ3v) is 5.46. The van der Waals surface area contributed by atoms with Crippen molar-refractivity contribution in [2.24, 2.45) is 0 Å². The Balaban J connectivity index is 1.57. The summed E-state index contributed by atoms with van der Waals surface area (Å²) >= 11 is 0. The number of phenolic OH excluding ortho intramolecular Hbond substituents is 1. The maximum absolute atomic E-state index is 12.2. The predicted octanol–water partition coefficient (Wildman–Crippen LogP) is 2.50. The summed E-state index contributed by atoms with van der Waals surface area (Å²) in [7, 11) is -3.67. The molecule has 4 N–H and O–H groups in total. The van der Waals surface area contributed by atoms with Crippen LogP contribution in [0.3, 0.4) is 0 Å². The van der Waals surface area contributed by atoms with Gasteiger partial charge < -0.3 is 15.7 Å². The number of aryl methyl sites for hydroxylation is 1. The molecule has 154 valence electrons. The number of nitrogens with one attached hydrogen (secondary N) is 3. The highest BCUT2D eigenvalue weighted by atomic mass is 32.2. The summed E-state index contributed by atoms with van der Waals surface area (Å²) < 4.78 is 26.9. The lowest BCUT2D eigenvalue weighted by Gasteiger charge is -2.11. The van der Waals surface area contributed by atoms with E-state index in [0.29, 0.717) is 17.3 Å². The van der Waals surface area contributed by atoms with Crippen molar-refractivity contribution in [2.45, 2.75) is 11.8 Å². The van der Waals surface area contributed by atoms with Crippen LogP contribution in [0.2, 0.25) is 0 Å². The van der Waals surface area contributed by atoms with Crippen molar-refractivity contribution in [3.63, 3.8) is 0 Å². The van der Waals surface area contributed by atoms with Crippen LogP contribution < -0.4 is 15.4 Å². The second-order valence-corrected chi connectivity index (χ2v) is 8.12. The Hall–Kier alpha value is -3.68. The smallest absolute Gasteiger partial charge is 0.240 e. The average molecular weight is 424 g/mol. The maximum atomic E-state index is 12.2. The zero-order chi connectivity index (χ0) is 21.6. The molecule has 0 radical (unpaired) electrons. The van der Waals surface area contributed by atoms with Crippen molar-refractivity contribution in [3.05, 3.63) is 65.9 Å². The summed E-state index contributed by atoms with van der Waals surface area (Å²) in [6.45, 7) is 2.22. The Bertz CT molecular complexity index is 1160. The molecule has 0 bridgehead atoms. The molecule has 0 fully saturated rings. The number of nitriles is 1. The van der Waals surface area contributed by atoms with Gasteiger partial charge in [-0.3, -0.25) is 0 Å². The van der Waals surface area contributed by atoms with Crippen molar-refractivity contribution in [3.8, 4) is 11.8 Å². The molecular formula is C20H20N6O3S. The molecule has 0 spiro atoms. The third-order valence-electron chi connectivity index (χ3n) is 3.99. The molecule has 30 heavy (non-hydrogen) atoms. The van der Waals surface area contributed by atoms with Crippen molar-refractivity contribution in [1.82, 2.24) is 14.7 Å². The van der Waals surface area contributed by atoms with Gasteiger partial charge >= 0.3 is 0 Å². The molecule has 0 aliphatic rings. The molecule has 10 heteroatoms. The van der Waals surface area contributed by atoms with Crippen LogP contribution in [0, 0.1) is 18.3 Å². The molecule has 1 aromatic heterocycles. The summed E-state index contributed by atoms with van der Waals surface area (Å²) in [5.74, 6) is 0.923. The van der Waals surface area contributed by atoms with Crippen molar-refractivity contribution in [1.29, 1.82) is 5.26 Å². The van der Waals surface area contributed by atoms with Crippen LogP contribution >= 0.6 is 0 Å². The van der Waals surface area contributed by atoms with Crippen LogP contribution in [0.1, 0.15) is 11.3 Å². The highest BCUT2D eigenvalue weighted by molar-refractivity contribution is 7.89. The third kappa shape index (κ3) is 5.66. The number of aromatic hydroxyl groups is 1. The number of rotatable bonds is 8. The summed E-state index contributed by atoms with van der Waals surface area (Å²) in [5, 5.41) is 24.3. The summed E-state index contributed by atoms with van der Waals surface area (Å²) in [6.07, 6.45) is 0. The number of nitrogens with zero attached hydrogens (tertiary/aromatic N) is 3. The Morgan fingerprint density at radius 1 is 1.03 bits per heavy atom. The van der Waals surface area contributed by atoms with Gasteiger partial charge in [0.1, 0.15) is 11.6 Å². The molecule has 9 nitrogen and oxygen atoms in total. The minimum atomic E-state index is -3.67. The molecule has 0 unspecified atom stereocenters. The van der Waals surface area contributed by atoms with Gasteiger partial charge in [0.05, 0.1) is 16.5 Å². The first-order chi connectivity index (χ1) is 14.4. The lowest BCUT2D eigenvalue weighted by atomic mass is 10.2. The van der Waals surface area contributed by atoms with Crippen molar-refractivity contribution >= 4 is 27.5 Å². The van der Waals surface area contributed by atoms with Gasteiger partial charge in [0.25, 0.3) is 0 Å². The van der Waals surface area contributed by atoms with Crippen molar-refractivity contribution in [2.75, 3.05) is 23.7 Å². The molecule has 0 atom stereocenters. The number of hydrogen-bond donors (Lipinski definition) is 4. The fourth-order valence-electron chi connectivity index (χ4n) is 2.56. The molecule has 3 aromatic rings. The van der Waals surface area contributed by atoms with E-state index in [4.69, 9.17) is 5.26 Å². The van der Waals surface area contributed by atoms with Gasteiger partial charge in [-0.05, 0) is 55.5 Å². The number of anilines is 3. The molecule has 0 saturated carbocycles. The average Bonchev–Trinajstić information content (AvgIpc) is 2.72. The summed E-state index contributed by atoms with van der Waals surface area (Å²) in [5.41, 5.74) is 2.07.